The largest absolute Gasteiger partial charge is 0.433 e. The Morgan fingerprint density at radius 2 is 2.00 bits per heavy atom. The van der Waals surface area contributed by atoms with Crippen LogP contribution < -0.4 is 11.1 Å². The van der Waals surface area contributed by atoms with Crippen LogP contribution in [0, 0.1) is 0 Å². The first-order chi connectivity index (χ1) is 13.4. The van der Waals surface area contributed by atoms with E-state index in [1.54, 1.807) is 0 Å². The Kier molecular flexibility index (Phi) is 6.25. The molecule has 28 heavy (non-hydrogen) atoms. The van der Waals surface area contributed by atoms with Crippen molar-refractivity contribution in [1.29, 1.82) is 0 Å². The molecule has 2 fully saturated rings. The minimum Gasteiger partial charge on any atom is -0.433 e. The zero-order valence-electron chi connectivity index (χ0n) is 15.3. The Hall–Kier alpha value is -2.94. The molecule has 3 amide bonds. The Labute approximate surface area is 162 Å². The first-order valence-electron chi connectivity index (χ1n) is 9.17. The highest BCUT2D eigenvalue weighted by atomic mass is 16.7. The van der Waals surface area contributed by atoms with Gasteiger partial charge in [0.25, 0.3) is 0 Å². The molecular weight excluding hydrogens is 366 g/mol. The van der Waals surface area contributed by atoms with Crippen molar-refractivity contribution in [2.45, 2.75) is 50.7 Å². The van der Waals surface area contributed by atoms with Crippen molar-refractivity contribution in [2.24, 2.45) is 5.73 Å². The molecule has 0 aliphatic carbocycles. The van der Waals surface area contributed by atoms with Crippen molar-refractivity contribution in [1.82, 2.24) is 10.2 Å². The molecule has 9 nitrogen and oxygen atoms in total. The number of likely N-dealkylation sites (tertiary alicyclic amines) is 1. The van der Waals surface area contributed by atoms with Crippen LogP contribution in [0.2, 0.25) is 0 Å². The monoisotopic (exact) mass is 389 g/mol. The molecule has 0 saturated carbocycles. The predicted molar refractivity (Wildman–Crippen MR) is 96.2 cm³/mol. The fourth-order valence-electron chi connectivity index (χ4n) is 3.42. The number of benzene rings is 1. The number of cyclic esters (lactones) is 1. The molecule has 3 atom stereocenters. The Morgan fingerprint density at radius 3 is 2.71 bits per heavy atom. The highest BCUT2D eigenvalue weighted by molar-refractivity contribution is 5.98. The van der Waals surface area contributed by atoms with Gasteiger partial charge in [0.1, 0.15) is 18.5 Å². The van der Waals surface area contributed by atoms with Crippen molar-refractivity contribution >= 4 is 23.7 Å². The molecule has 0 bridgehead atoms. The summed E-state index contributed by atoms with van der Waals surface area (Å²) in [6.07, 6.45) is -0.206. The van der Waals surface area contributed by atoms with Crippen LogP contribution in [0.3, 0.4) is 0 Å². The van der Waals surface area contributed by atoms with E-state index >= 15 is 0 Å². The average molecular weight is 389 g/mol. The Morgan fingerprint density at radius 1 is 1.25 bits per heavy atom. The molecule has 3 unspecified atom stereocenters. The summed E-state index contributed by atoms with van der Waals surface area (Å²) in [7, 11) is 0. The van der Waals surface area contributed by atoms with E-state index in [0.717, 1.165) is 5.56 Å². The van der Waals surface area contributed by atoms with Gasteiger partial charge in [-0.3, -0.25) is 19.2 Å². The highest BCUT2D eigenvalue weighted by Gasteiger charge is 2.40. The molecule has 0 radical (unpaired) electrons. The lowest BCUT2D eigenvalue weighted by Gasteiger charge is -2.26. The SMILES string of the molecule is NC(=O)CC(=O)N1CCCC1C(=O)NC1CC(=O)OC1OCc1ccccc1. The van der Waals surface area contributed by atoms with Gasteiger partial charge >= 0.3 is 5.97 Å². The molecule has 150 valence electrons. The van der Waals surface area contributed by atoms with Gasteiger partial charge in [0, 0.05) is 6.54 Å². The summed E-state index contributed by atoms with van der Waals surface area (Å²) >= 11 is 0. The summed E-state index contributed by atoms with van der Waals surface area (Å²) in [5.41, 5.74) is 5.98. The molecular formula is C19H23N3O6. The molecule has 3 N–H and O–H groups in total. The standard InChI is InChI=1S/C19H23N3O6/c20-15(23)10-16(24)22-8-4-7-14(22)18(26)21-13-9-17(25)28-19(13)27-11-12-5-2-1-3-6-12/h1-3,5-6,13-14,19H,4,7-11H2,(H2,20,23)(H,21,26). The number of carbonyl (C=O) groups is 4. The maximum Gasteiger partial charge on any atom is 0.310 e. The Bertz CT molecular complexity index is 753. The van der Waals surface area contributed by atoms with Crippen molar-refractivity contribution in [3.05, 3.63) is 35.9 Å². The van der Waals surface area contributed by atoms with Gasteiger partial charge in [0.05, 0.1) is 13.0 Å². The number of primary amides is 1. The fraction of sp³-hybridized carbons (Fsp3) is 0.474. The third-order valence-corrected chi connectivity index (χ3v) is 4.75. The number of hydrogen-bond donors (Lipinski definition) is 2. The number of nitrogens with one attached hydrogen (secondary N) is 1. The lowest BCUT2D eigenvalue weighted by Crippen LogP contribution is -2.51. The zero-order chi connectivity index (χ0) is 20.1. The first-order valence-corrected chi connectivity index (χ1v) is 9.17. The van der Waals surface area contributed by atoms with Gasteiger partial charge in [-0.25, -0.2) is 0 Å². The summed E-state index contributed by atoms with van der Waals surface area (Å²) in [5.74, 6) is -2.07. The van der Waals surface area contributed by atoms with Crippen molar-refractivity contribution in [3.8, 4) is 0 Å². The van der Waals surface area contributed by atoms with Crippen LogP contribution >= 0.6 is 0 Å². The number of ether oxygens (including phenoxy) is 2. The maximum absolute atomic E-state index is 12.7. The summed E-state index contributed by atoms with van der Waals surface area (Å²) in [4.78, 5) is 48.9. The van der Waals surface area contributed by atoms with Crippen LogP contribution in [0.5, 0.6) is 0 Å². The quantitative estimate of drug-likeness (QED) is 0.492. The molecule has 2 heterocycles. The second-order valence-electron chi connectivity index (χ2n) is 6.86. The van der Waals surface area contributed by atoms with Crippen LogP contribution in [0.15, 0.2) is 30.3 Å². The number of hydrogen-bond acceptors (Lipinski definition) is 6. The van der Waals surface area contributed by atoms with Gasteiger partial charge in [0.2, 0.25) is 24.0 Å². The molecule has 0 aromatic heterocycles. The molecule has 2 saturated heterocycles. The second kappa shape index (κ2) is 8.83. The van der Waals surface area contributed by atoms with E-state index in [1.165, 1.54) is 4.90 Å². The lowest BCUT2D eigenvalue weighted by molar-refractivity contribution is -0.168. The van der Waals surface area contributed by atoms with Crippen LogP contribution in [-0.2, 0) is 35.3 Å². The summed E-state index contributed by atoms with van der Waals surface area (Å²) in [5, 5.41) is 2.76. The number of carbonyl (C=O) groups excluding carboxylic acids is 4. The van der Waals surface area contributed by atoms with E-state index in [9.17, 15) is 19.2 Å². The van der Waals surface area contributed by atoms with Crippen molar-refractivity contribution in [2.75, 3.05) is 6.54 Å². The molecule has 1 aromatic carbocycles. The molecule has 1 aromatic rings. The van der Waals surface area contributed by atoms with Gasteiger partial charge in [-0.05, 0) is 18.4 Å². The third kappa shape index (κ3) is 4.86. The van der Waals surface area contributed by atoms with Crippen LogP contribution in [0.25, 0.3) is 0 Å². The van der Waals surface area contributed by atoms with Crippen LogP contribution in [-0.4, -0.2) is 53.5 Å². The molecule has 2 aliphatic rings. The van der Waals surface area contributed by atoms with E-state index in [2.05, 4.69) is 5.32 Å². The molecule has 9 heteroatoms. The van der Waals surface area contributed by atoms with Gasteiger partial charge < -0.3 is 25.4 Å². The molecule has 3 rings (SSSR count). The van der Waals surface area contributed by atoms with Gasteiger partial charge in [-0.1, -0.05) is 30.3 Å². The smallest absolute Gasteiger partial charge is 0.310 e. The molecule has 0 spiro atoms. The van der Waals surface area contributed by atoms with Gasteiger partial charge in [-0.2, -0.15) is 0 Å². The summed E-state index contributed by atoms with van der Waals surface area (Å²) in [6, 6.07) is 8.05. The van der Waals surface area contributed by atoms with E-state index in [-0.39, 0.29) is 13.0 Å². The number of rotatable bonds is 7. The number of esters is 1. The third-order valence-electron chi connectivity index (χ3n) is 4.75. The minimum absolute atomic E-state index is 0.00680. The van der Waals surface area contributed by atoms with Gasteiger partial charge in [-0.15, -0.1) is 0 Å². The van der Waals surface area contributed by atoms with E-state index < -0.39 is 48.5 Å². The lowest BCUT2D eigenvalue weighted by atomic mass is 10.1. The maximum atomic E-state index is 12.7. The summed E-state index contributed by atoms with van der Waals surface area (Å²) in [6.45, 7) is 0.621. The highest BCUT2D eigenvalue weighted by Crippen LogP contribution is 2.22. The van der Waals surface area contributed by atoms with E-state index in [1.807, 2.05) is 30.3 Å². The normalized spacial score (nSPS) is 24.1. The second-order valence-corrected chi connectivity index (χ2v) is 6.86. The minimum atomic E-state index is -0.896. The van der Waals surface area contributed by atoms with Crippen molar-refractivity contribution in [3.63, 3.8) is 0 Å². The van der Waals surface area contributed by atoms with E-state index in [0.29, 0.717) is 19.4 Å². The van der Waals surface area contributed by atoms with Crippen LogP contribution in [0.1, 0.15) is 31.2 Å². The van der Waals surface area contributed by atoms with Crippen molar-refractivity contribution < 1.29 is 28.7 Å². The van der Waals surface area contributed by atoms with Gasteiger partial charge in [0.15, 0.2) is 0 Å². The predicted octanol–water partition coefficient (Wildman–Crippen LogP) is -0.173. The first kappa shape index (κ1) is 19.8. The number of amides is 3. The Balaban J connectivity index is 1.58. The topological polar surface area (TPSA) is 128 Å². The average Bonchev–Trinajstić information content (AvgIpc) is 3.27. The number of nitrogens with zero attached hydrogens (tertiary/aromatic N) is 1. The summed E-state index contributed by atoms with van der Waals surface area (Å²) < 4.78 is 10.8. The number of nitrogens with two attached hydrogens (primary N) is 1. The van der Waals surface area contributed by atoms with E-state index in [4.69, 9.17) is 15.2 Å². The fourth-order valence-corrected chi connectivity index (χ4v) is 3.42. The molecule has 2 aliphatic heterocycles. The van der Waals surface area contributed by atoms with Crippen LogP contribution in [0.4, 0.5) is 0 Å². The zero-order valence-corrected chi connectivity index (χ0v) is 15.3.